The summed E-state index contributed by atoms with van der Waals surface area (Å²) < 4.78 is 11.3. The number of hydrogen-bond acceptors (Lipinski definition) is 2. The SMILES string of the molecule is CCOc1cc(Cl)c(C(Br)C2CCCCC2)cc1OCC. The van der Waals surface area contributed by atoms with Crippen LogP contribution < -0.4 is 9.47 Å². The largest absolute Gasteiger partial charge is 0.490 e. The molecule has 2 nitrogen and oxygen atoms in total. The maximum Gasteiger partial charge on any atom is 0.162 e. The molecule has 2 rings (SSSR count). The zero-order valence-electron chi connectivity index (χ0n) is 12.8. The van der Waals surface area contributed by atoms with Gasteiger partial charge < -0.3 is 9.47 Å². The Hall–Kier alpha value is -0.410. The maximum absolute atomic E-state index is 6.49. The normalized spacial score (nSPS) is 17.5. The molecule has 0 amide bonds. The molecular weight excluding hydrogens is 352 g/mol. The lowest BCUT2D eigenvalue weighted by atomic mass is 9.84. The second-order valence-corrected chi connectivity index (χ2v) is 6.88. The Balaban J connectivity index is 2.27. The van der Waals surface area contributed by atoms with Crippen molar-refractivity contribution in [2.75, 3.05) is 13.2 Å². The predicted octanol–water partition coefficient (Wildman–Crippen LogP) is 6.15. The van der Waals surface area contributed by atoms with Crippen LogP contribution in [0.4, 0.5) is 0 Å². The van der Waals surface area contributed by atoms with Crippen LogP contribution in [0.25, 0.3) is 0 Å². The predicted molar refractivity (Wildman–Crippen MR) is 92.0 cm³/mol. The molecule has 1 fully saturated rings. The van der Waals surface area contributed by atoms with Gasteiger partial charge in [0.15, 0.2) is 11.5 Å². The lowest BCUT2D eigenvalue weighted by molar-refractivity contribution is 0.287. The molecule has 0 aromatic heterocycles. The summed E-state index contributed by atoms with van der Waals surface area (Å²) in [5.74, 6) is 2.18. The van der Waals surface area contributed by atoms with E-state index in [2.05, 4.69) is 15.9 Å². The number of hydrogen-bond donors (Lipinski definition) is 0. The Morgan fingerprint density at radius 2 is 1.67 bits per heavy atom. The van der Waals surface area contributed by atoms with Gasteiger partial charge in [-0.2, -0.15) is 0 Å². The molecule has 118 valence electrons. The Bertz CT molecular complexity index is 458. The third kappa shape index (κ3) is 4.29. The third-order valence-corrected chi connectivity index (χ3v) is 5.59. The first-order chi connectivity index (χ1) is 10.2. The van der Waals surface area contributed by atoms with Gasteiger partial charge in [-0.05, 0) is 44.2 Å². The second kappa shape index (κ2) is 8.28. The van der Waals surface area contributed by atoms with Crippen LogP contribution in [-0.2, 0) is 0 Å². The van der Waals surface area contributed by atoms with Crippen LogP contribution in [0.2, 0.25) is 5.02 Å². The fourth-order valence-electron chi connectivity index (χ4n) is 2.98. The van der Waals surface area contributed by atoms with Gasteiger partial charge in [0.1, 0.15) is 0 Å². The molecule has 0 N–H and O–H groups in total. The van der Waals surface area contributed by atoms with Crippen LogP contribution in [0.5, 0.6) is 11.5 Å². The molecule has 1 atom stereocenters. The topological polar surface area (TPSA) is 18.5 Å². The van der Waals surface area contributed by atoms with E-state index < -0.39 is 0 Å². The lowest BCUT2D eigenvalue weighted by Crippen LogP contribution is -2.12. The molecule has 0 aliphatic heterocycles. The van der Waals surface area contributed by atoms with Crippen molar-refractivity contribution in [2.45, 2.75) is 50.8 Å². The Labute approximate surface area is 141 Å². The molecule has 21 heavy (non-hydrogen) atoms. The minimum Gasteiger partial charge on any atom is -0.490 e. The monoisotopic (exact) mass is 374 g/mol. The van der Waals surface area contributed by atoms with Gasteiger partial charge in [-0.15, -0.1) is 0 Å². The molecule has 0 heterocycles. The Kier molecular flexibility index (Phi) is 6.69. The van der Waals surface area contributed by atoms with Gasteiger partial charge in [0, 0.05) is 15.9 Å². The van der Waals surface area contributed by atoms with Crippen LogP contribution in [0, 0.1) is 5.92 Å². The Morgan fingerprint density at radius 3 is 2.24 bits per heavy atom. The molecule has 4 heteroatoms. The first-order valence-corrected chi connectivity index (χ1v) is 9.19. The van der Waals surface area contributed by atoms with Gasteiger partial charge in [0.2, 0.25) is 0 Å². The van der Waals surface area contributed by atoms with Crippen LogP contribution >= 0.6 is 27.5 Å². The van der Waals surface area contributed by atoms with E-state index in [4.69, 9.17) is 21.1 Å². The minimum atomic E-state index is 0.292. The highest BCUT2D eigenvalue weighted by atomic mass is 79.9. The highest BCUT2D eigenvalue weighted by Gasteiger charge is 2.26. The summed E-state index contributed by atoms with van der Waals surface area (Å²) in [5.41, 5.74) is 1.12. The van der Waals surface area contributed by atoms with Gasteiger partial charge in [-0.3, -0.25) is 0 Å². The van der Waals surface area contributed by atoms with Crippen LogP contribution in [0.15, 0.2) is 12.1 Å². The molecule has 1 unspecified atom stereocenters. The van der Waals surface area contributed by atoms with Crippen LogP contribution in [0.3, 0.4) is 0 Å². The average Bonchev–Trinajstić information content (AvgIpc) is 2.50. The number of ether oxygens (including phenoxy) is 2. The molecule has 1 aliphatic carbocycles. The van der Waals surface area contributed by atoms with Crippen molar-refractivity contribution in [1.29, 1.82) is 0 Å². The zero-order chi connectivity index (χ0) is 15.2. The maximum atomic E-state index is 6.49. The van der Waals surface area contributed by atoms with E-state index in [0.29, 0.717) is 24.0 Å². The molecule has 0 saturated heterocycles. The van der Waals surface area contributed by atoms with Crippen LogP contribution in [0.1, 0.15) is 56.3 Å². The minimum absolute atomic E-state index is 0.292. The summed E-state index contributed by atoms with van der Waals surface area (Å²) in [4.78, 5) is 0.292. The molecule has 0 radical (unpaired) electrons. The van der Waals surface area contributed by atoms with Gasteiger partial charge in [-0.1, -0.05) is 46.8 Å². The molecule has 1 aromatic rings. The smallest absolute Gasteiger partial charge is 0.162 e. The quantitative estimate of drug-likeness (QED) is 0.555. The van der Waals surface area contributed by atoms with Gasteiger partial charge >= 0.3 is 0 Å². The average molecular weight is 376 g/mol. The van der Waals surface area contributed by atoms with E-state index in [1.165, 1.54) is 32.1 Å². The standard InChI is InChI=1S/C17H24BrClO2/c1-3-20-15-10-13(14(19)11-16(15)21-4-2)17(18)12-8-6-5-7-9-12/h10-12,17H,3-9H2,1-2H3. The summed E-state index contributed by atoms with van der Waals surface area (Å²) in [6.45, 7) is 5.18. The van der Waals surface area contributed by atoms with Crippen molar-refractivity contribution in [2.24, 2.45) is 5.92 Å². The van der Waals surface area contributed by atoms with E-state index >= 15 is 0 Å². The van der Waals surface area contributed by atoms with Gasteiger partial charge in [-0.25, -0.2) is 0 Å². The number of benzene rings is 1. The molecule has 1 saturated carbocycles. The van der Waals surface area contributed by atoms with E-state index in [-0.39, 0.29) is 0 Å². The summed E-state index contributed by atoms with van der Waals surface area (Å²) in [5, 5.41) is 0.759. The lowest BCUT2D eigenvalue weighted by Gasteiger charge is -2.27. The summed E-state index contributed by atoms with van der Waals surface area (Å²) in [6.07, 6.45) is 6.53. The van der Waals surface area contributed by atoms with E-state index in [9.17, 15) is 0 Å². The van der Waals surface area contributed by atoms with E-state index in [1.807, 2.05) is 26.0 Å². The van der Waals surface area contributed by atoms with Crippen molar-refractivity contribution in [1.82, 2.24) is 0 Å². The van der Waals surface area contributed by atoms with Crippen LogP contribution in [-0.4, -0.2) is 13.2 Å². The van der Waals surface area contributed by atoms with Crippen molar-refractivity contribution in [3.05, 3.63) is 22.7 Å². The first-order valence-electron chi connectivity index (χ1n) is 7.90. The summed E-state index contributed by atoms with van der Waals surface area (Å²) in [7, 11) is 0. The summed E-state index contributed by atoms with van der Waals surface area (Å²) in [6, 6.07) is 3.94. The van der Waals surface area contributed by atoms with Crippen molar-refractivity contribution in [3.8, 4) is 11.5 Å². The van der Waals surface area contributed by atoms with Crippen molar-refractivity contribution >= 4 is 27.5 Å². The molecular formula is C17H24BrClO2. The molecule has 0 spiro atoms. The number of halogens is 2. The van der Waals surface area contributed by atoms with Crippen molar-refractivity contribution in [3.63, 3.8) is 0 Å². The molecule has 1 aliphatic rings. The fraction of sp³-hybridized carbons (Fsp3) is 0.647. The van der Waals surface area contributed by atoms with Gasteiger partial charge in [0.05, 0.1) is 13.2 Å². The van der Waals surface area contributed by atoms with E-state index in [0.717, 1.165) is 22.1 Å². The third-order valence-electron chi connectivity index (χ3n) is 4.02. The zero-order valence-corrected chi connectivity index (χ0v) is 15.2. The number of alkyl halides is 1. The van der Waals surface area contributed by atoms with E-state index in [1.54, 1.807) is 0 Å². The highest BCUT2D eigenvalue weighted by Crippen LogP contribution is 2.45. The number of rotatable bonds is 6. The van der Waals surface area contributed by atoms with Crippen molar-refractivity contribution < 1.29 is 9.47 Å². The Morgan fingerprint density at radius 1 is 1.10 bits per heavy atom. The first kappa shape index (κ1) is 17.0. The fourth-order valence-corrected chi connectivity index (χ4v) is 4.29. The summed E-state index contributed by atoms with van der Waals surface area (Å²) >= 11 is 10.4. The highest BCUT2D eigenvalue weighted by molar-refractivity contribution is 9.09. The van der Waals surface area contributed by atoms with Gasteiger partial charge in [0.25, 0.3) is 0 Å². The second-order valence-electron chi connectivity index (χ2n) is 5.49. The molecule has 0 bridgehead atoms. The molecule has 1 aromatic carbocycles.